The Bertz CT molecular complexity index is 914. The lowest BCUT2D eigenvalue weighted by Gasteiger charge is -2.26. The maximum absolute atomic E-state index is 12.6. The van der Waals surface area contributed by atoms with Crippen molar-refractivity contribution < 1.29 is 17.9 Å². The molecular weight excluding hydrogens is 388 g/mol. The Morgan fingerprint density at radius 3 is 2.30 bits per heavy atom. The first kappa shape index (κ1) is 21.1. The maximum atomic E-state index is 12.6. The van der Waals surface area contributed by atoms with Crippen LogP contribution in [0.3, 0.4) is 0 Å². The Balaban J connectivity index is 2.17. The predicted molar refractivity (Wildman–Crippen MR) is 108 cm³/mol. The normalized spacial score (nSPS) is 11.1. The largest absolute Gasteiger partial charge is 0.497 e. The van der Waals surface area contributed by atoms with E-state index in [2.05, 4.69) is 0 Å². The molecule has 0 saturated heterocycles. The molecule has 0 fully saturated rings. The summed E-state index contributed by atoms with van der Waals surface area (Å²) in [5.74, 6) is 0.416. The van der Waals surface area contributed by atoms with Crippen LogP contribution in [0.15, 0.2) is 42.5 Å². The maximum Gasteiger partial charge on any atom is 0.243 e. The minimum atomic E-state index is -3.64. The third-order valence-corrected chi connectivity index (χ3v) is 5.47. The number of hydrogen-bond acceptors (Lipinski definition) is 4. The van der Waals surface area contributed by atoms with Crippen LogP contribution in [-0.2, 0) is 21.4 Å². The molecule has 0 aliphatic heterocycles. The van der Waals surface area contributed by atoms with Crippen LogP contribution < -0.4 is 9.04 Å². The molecule has 6 nitrogen and oxygen atoms in total. The molecule has 0 unspecified atom stereocenters. The number of likely N-dealkylation sites (N-methyl/N-ethyl adjacent to an activating group) is 1. The number of halogens is 1. The van der Waals surface area contributed by atoms with Gasteiger partial charge in [-0.3, -0.25) is 9.10 Å². The Kier molecular flexibility index (Phi) is 6.73. The first-order chi connectivity index (χ1) is 12.6. The number of methoxy groups -OCH3 is 1. The Labute approximate surface area is 165 Å². The van der Waals surface area contributed by atoms with Crippen molar-refractivity contribution in [2.75, 3.05) is 31.3 Å². The lowest BCUT2D eigenvalue weighted by Crippen LogP contribution is -2.41. The number of ether oxygens (including phenoxy) is 1. The number of anilines is 1. The SMILES string of the molecule is COc1ccc(CN(C)C(=O)CN(c2ccc(Cl)cc2C)S(C)(=O)=O)cc1. The van der Waals surface area contributed by atoms with Crippen molar-refractivity contribution in [1.29, 1.82) is 0 Å². The summed E-state index contributed by atoms with van der Waals surface area (Å²) in [6.45, 7) is 1.83. The van der Waals surface area contributed by atoms with Crippen LogP contribution in [0.4, 0.5) is 5.69 Å². The van der Waals surface area contributed by atoms with Crippen LogP contribution in [0.25, 0.3) is 0 Å². The van der Waals surface area contributed by atoms with E-state index in [-0.39, 0.29) is 12.5 Å². The van der Waals surface area contributed by atoms with Crippen LogP contribution in [0, 0.1) is 6.92 Å². The van der Waals surface area contributed by atoms with Gasteiger partial charge in [0.05, 0.1) is 19.1 Å². The number of sulfonamides is 1. The summed E-state index contributed by atoms with van der Waals surface area (Å²) in [7, 11) is -0.410. The molecule has 2 aromatic carbocycles. The van der Waals surface area contributed by atoms with E-state index in [4.69, 9.17) is 16.3 Å². The Hall–Kier alpha value is -2.25. The number of amides is 1. The van der Waals surface area contributed by atoms with Gasteiger partial charge >= 0.3 is 0 Å². The van der Waals surface area contributed by atoms with Gasteiger partial charge in [0.2, 0.25) is 15.9 Å². The molecular formula is C19H23ClN2O4S. The van der Waals surface area contributed by atoms with E-state index < -0.39 is 10.0 Å². The first-order valence-corrected chi connectivity index (χ1v) is 10.4. The number of rotatable bonds is 7. The summed E-state index contributed by atoms with van der Waals surface area (Å²) in [6, 6.07) is 12.2. The molecule has 0 N–H and O–H groups in total. The Morgan fingerprint density at radius 2 is 1.78 bits per heavy atom. The van der Waals surface area contributed by atoms with Crippen LogP contribution >= 0.6 is 11.6 Å². The summed E-state index contributed by atoms with van der Waals surface area (Å²) in [5, 5.41) is 0.507. The zero-order valence-electron chi connectivity index (χ0n) is 15.8. The van der Waals surface area contributed by atoms with Gasteiger partial charge in [0.1, 0.15) is 12.3 Å². The van der Waals surface area contributed by atoms with E-state index in [1.165, 1.54) is 4.90 Å². The molecule has 0 saturated carbocycles. The van der Waals surface area contributed by atoms with Gasteiger partial charge in [0, 0.05) is 18.6 Å². The van der Waals surface area contributed by atoms with Gasteiger partial charge in [-0.15, -0.1) is 0 Å². The van der Waals surface area contributed by atoms with Crippen LogP contribution in [-0.4, -0.2) is 46.2 Å². The fourth-order valence-electron chi connectivity index (χ4n) is 2.62. The van der Waals surface area contributed by atoms with Crippen molar-refractivity contribution in [2.45, 2.75) is 13.5 Å². The number of nitrogens with zero attached hydrogens (tertiary/aromatic N) is 2. The highest BCUT2D eigenvalue weighted by molar-refractivity contribution is 7.92. The highest BCUT2D eigenvalue weighted by Crippen LogP contribution is 2.25. The zero-order valence-corrected chi connectivity index (χ0v) is 17.3. The third-order valence-electron chi connectivity index (χ3n) is 4.11. The van der Waals surface area contributed by atoms with Gasteiger partial charge in [-0.05, 0) is 48.4 Å². The second-order valence-electron chi connectivity index (χ2n) is 6.30. The summed E-state index contributed by atoms with van der Waals surface area (Å²) < 4.78 is 30.7. The van der Waals surface area contributed by atoms with E-state index in [9.17, 15) is 13.2 Å². The van der Waals surface area contributed by atoms with Gasteiger partial charge in [0.15, 0.2) is 0 Å². The molecule has 0 bridgehead atoms. The molecule has 0 aliphatic carbocycles. The van der Waals surface area contributed by atoms with Gasteiger partial charge in [-0.25, -0.2) is 8.42 Å². The molecule has 0 heterocycles. The summed E-state index contributed by atoms with van der Waals surface area (Å²) in [4.78, 5) is 14.1. The fourth-order valence-corrected chi connectivity index (χ4v) is 3.75. The summed E-state index contributed by atoms with van der Waals surface area (Å²) in [5.41, 5.74) is 2.03. The lowest BCUT2D eigenvalue weighted by atomic mass is 10.2. The summed E-state index contributed by atoms with van der Waals surface area (Å²) >= 11 is 5.95. The van der Waals surface area contributed by atoms with Gasteiger partial charge in [-0.1, -0.05) is 23.7 Å². The van der Waals surface area contributed by atoms with E-state index in [0.29, 0.717) is 22.8 Å². The molecule has 0 aliphatic rings. The second-order valence-corrected chi connectivity index (χ2v) is 8.64. The van der Waals surface area contributed by atoms with Gasteiger partial charge in [-0.2, -0.15) is 0 Å². The van der Waals surface area contributed by atoms with E-state index in [1.54, 1.807) is 39.3 Å². The van der Waals surface area contributed by atoms with Crippen molar-refractivity contribution in [3.63, 3.8) is 0 Å². The number of carbonyl (C=O) groups excluding carboxylic acids is 1. The van der Waals surface area contributed by atoms with Crippen molar-refractivity contribution in [3.8, 4) is 5.75 Å². The molecule has 2 aromatic rings. The number of benzene rings is 2. The molecule has 8 heteroatoms. The zero-order chi connectivity index (χ0) is 20.2. The molecule has 0 spiro atoms. The number of aryl methyl sites for hydroxylation is 1. The average molecular weight is 411 g/mol. The molecule has 1 amide bonds. The molecule has 146 valence electrons. The van der Waals surface area contributed by atoms with Crippen molar-refractivity contribution in [2.24, 2.45) is 0 Å². The highest BCUT2D eigenvalue weighted by atomic mass is 35.5. The predicted octanol–water partition coefficient (Wildman–Crippen LogP) is 3.08. The fraction of sp³-hybridized carbons (Fsp3) is 0.316. The van der Waals surface area contributed by atoms with E-state index in [0.717, 1.165) is 21.9 Å². The second kappa shape index (κ2) is 8.63. The lowest BCUT2D eigenvalue weighted by molar-refractivity contribution is -0.128. The van der Waals surface area contributed by atoms with Crippen molar-refractivity contribution >= 4 is 33.2 Å². The average Bonchev–Trinajstić information content (AvgIpc) is 2.59. The van der Waals surface area contributed by atoms with Crippen molar-refractivity contribution in [1.82, 2.24) is 4.90 Å². The molecule has 0 atom stereocenters. The summed E-state index contributed by atoms with van der Waals surface area (Å²) in [6.07, 6.45) is 1.08. The monoisotopic (exact) mass is 410 g/mol. The van der Waals surface area contributed by atoms with Crippen LogP contribution in [0.5, 0.6) is 5.75 Å². The highest BCUT2D eigenvalue weighted by Gasteiger charge is 2.24. The molecule has 0 radical (unpaired) electrons. The third kappa shape index (κ3) is 5.61. The minimum absolute atomic E-state index is 0.284. The van der Waals surface area contributed by atoms with Crippen LogP contribution in [0.2, 0.25) is 5.02 Å². The number of carbonyl (C=O) groups is 1. The van der Waals surface area contributed by atoms with Crippen molar-refractivity contribution in [3.05, 3.63) is 58.6 Å². The topological polar surface area (TPSA) is 66.9 Å². The van der Waals surface area contributed by atoms with Crippen LogP contribution in [0.1, 0.15) is 11.1 Å². The van der Waals surface area contributed by atoms with Gasteiger partial charge in [0.25, 0.3) is 0 Å². The number of hydrogen-bond donors (Lipinski definition) is 0. The van der Waals surface area contributed by atoms with Gasteiger partial charge < -0.3 is 9.64 Å². The van der Waals surface area contributed by atoms with E-state index >= 15 is 0 Å². The Morgan fingerprint density at radius 1 is 1.15 bits per heavy atom. The standard InChI is InChI=1S/C19H23ClN2O4S/c1-14-11-16(20)7-10-18(14)22(27(4,24)25)13-19(23)21(2)12-15-5-8-17(26-3)9-6-15/h5-11H,12-13H2,1-4H3. The smallest absolute Gasteiger partial charge is 0.243 e. The molecule has 27 heavy (non-hydrogen) atoms. The first-order valence-electron chi connectivity index (χ1n) is 8.22. The molecule has 2 rings (SSSR count). The quantitative estimate of drug-likeness (QED) is 0.703. The van der Waals surface area contributed by atoms with E-state index in [1.807, 2.05) is 24.3 Å². The molecule has 0 aromatic heterocycles. The minimum Gasteiger partial charge on any atom is -0.497 e.